The molecular weight excluding hydrogens is 453 g/mol. The van der Waals surface area contributed by atoms with E-state index in [4.69, 9.17) is 4.74 Å². The first-order valence-corrected chi connectivity index (χ1v) is 11.7. The number of nitrogens with zero attached hydrogens (tertiary/aromatic N) is 2. The molecule has 3 aromatic carbocycles. The fraction of sp³-hybridized carbons (Fsp3) is 0.192. The summed E-state index contributed by atoms with van der Waals surface area (Å²) in [5, 5.41) is 2.99. The second kappa shape index (κ2) is 10.1. The summed E-state index contributed by atoms with van der Waals surface area (Å²) in [6.45, 7) is 5.72. The summed E-state index contributed by atoms with van der Waals surface area (Å²) in [6, 6.07) is 18.7. The lowest BCUT2D eigenvalue weighted by Gasteiger charge is -2.17. The van der Waals surface area contributed by atoms with Crippen molar-refractivity contribution in [1.82, 2.24) is 9.55 Å². The molecule has 0 aliphatic rings. The van der Waals surface area contributed by atoms with E-state index in [-0.39, 0.29) is 11.5 Å². The van der Waals surface area contributed by atoms with Crippen LogP contribution in [0.25, 0.3) is 16.6 Å². The number of rotatable bonds is 7. The number of hydrogen-bond donors (Lipinski definition) is 1. The predicted molar refractivity (Wildman–Crippen MR) is 134 cm³/mol. The van der Waals surface area contributed by atoms with Crippen LogP contribution in [-0.2, 0) is 4.79 Å². The Kier molecular flexibility index (Phi) is 6.98. The molecular formula is C26H24FN3O3S. The van der Waals surface area contributed by atoms with Crippen LogP contribution in [0.5, 0.6) is 5.75 Å². The smallest absolute Gasteiger partial charge is 0.266 e. The minimum Gasteiger partial charge on any atom is -0.492 e. The molecule has 6 nitrogen and oxygen atoms in total. The van der Waals surface area contributed by atoms with Crippen molar-refractivity contribution in [2.45, 2.75) is 31.2 Å². The molecule has 1 N–H and O–H groups in total. The van der Waals surface area contributed by atoms with Crippen LogP contribution in [0.2, 0.25) is 0 Å². The second-order valence-electron chi connectivity index (χ2n) is 7.66. The van der Waals surface area contributed by atoms with Crippen molar-refractivity contribution in [3.63, 3.8) is 0 Å². The molecule has 0 radical (unpaired) electrons. The number of halogens is 1. The van der Waals surface area contributed by atoms with Gasteiger partial charge in [-0.2, -0.15) is 0 Å². The number of hydrogen-bond acceptors (Lipinski definition) is 5. The Bertz CT molecular complexity index is 1420. The molecule has 174 valence electrons. The van der Waals surface area contributed by atoms with E-state index in [1.54, 1.807) is 62.4 Å². The van der Waals surface area contributed by atoms with Gasteiger partial charge >= 0.3 is 0 Å². The van der Waals surface area contributed by atoms with Gasteiger partial charge in [-0.3, -0.25) is 14.2 Å². The first kappa shape index (κ1) is 23.5. The van der Waals surface area contributed by atoms with Crippen molar-refractivity contribution in [2.24, 2.45) is 0 Å². The number of aromatic nitrogens is 2. The minimum atomic E-state index is -0.607. The topological polar surface area (TPSA) is 73.2 Å². The van der Waals surface area contributed by atoms with Crippen molar-refractivity contribution >= 4 is 34.3 Å². The van der Waals surface area contributed by atoms with Gasteiger partial charge in [0.1, 0.15) is 11.6 Å². The van der Waals surface area contributed by atoms with Gasteiger partial charge in [0, 0.05) is 0 Å². The van der Waals surface area contributed by atoms with E-state index < -0.39 is 11.1 Å². The molecule has 0 aliphatic carbocycles. The van der Waals surface area contributed by atoms with Crippen LogP contribution in [-0.4, -0.2) is 27.3 Å². The maximum Gasteiger partial charge on any atom is 0.266 e. The third kappa shape index (κ3) is 4.82. The van der Waals surface area contributed by atoms with Crippen LogP contribution in [0.15, 0.2) is 76.7 Å². The lowest BCUT2D eigenvalue weighted by molar-refractivity contribution is -0.115. The molecule has 0 saturated carbocycles. The van der Waals surface area contributed by atoms with Gasteiger partial charge in [0.2, 0.25) is 5.91 Å². The van der Waals surface area contributed by atoms with Gasteiger partial charge in [0.25, 0.3) is 5.56 Å². The van der Waals surface area contributed by atoms with E-state index in [9.17, 15) is 14.0 Å². The summed E-state index contributed by atoms with van der Waals surface area (Å²) >= 11 is 1.13. The standard InChI is InChI=1S/C26H24FN3O3S/c1-4-33-23-12-8-7-11-22(23)28-24(31)17(3)34-26-29-21-10-6-5-9-19(21)25(32)30(26)18-14-13-16(2)20(27)15-18/h5-15,17H,4H2,1-3H3,(H,28,31). The molecule has 0 fully saturated rings. The lowest BCUT2D eigenvalue weighted by atomic mass is 10.2. The molecule has 1 heterocycles. The number of benzene rings is 3. The van der Waals surface area contributed by atoms with E-state index in [0.717, 1.165) is 11.8 Å². The number of ether oxygens (including phenoxy) is 1. The number of thioether (sulfide) groups is 1. The maximum absolute atomic E-state index is 14.4. The highest BCUT2D eigenvalue weighted by molar-refractivity contribution is 8.00. The number of carbonyl (C=O) groups excluding carboxylic acids is 1. The quantitative estimate of drug-likeness (QED) is 0.287. The zero-order chi connectivity index (χ0) is 24.2. The van der Waals surface area contributed by atoms with E-state index >= 15 is 0 Å². The molecule has 0 spiro atoms. The first-order chi connectivity index (χ1) is 16.4. The van der Waals surface area contributed by atoms with Gasteiger partial charge in [0.15, 0.2) is 5.16 Å². The highest BCUT2D eigenvalue weighted by atomic mass is 32.2. The number of nitrogens with one attached hydrogen (secondary N) is 1. The highest BCUT2D eigenvalue weighted by Crippen LogP contribution is 2.28. The van der Waals surface area contributed by atoms with Crippen molar-refractivity contribution in [3.8, 4) is 11.4 Å². The Morgan fingerprint density at radius 3 is 2.65 bits per heavy atom. The molecule has 0 aliphatic heterocycles. The van der Waals surface area contributed by atoms with E-state index in [1.807, 2.05) is 19.1 Å². The van der Waals surface area contributed by atoms with E-state index in [0.29, 0.717) is 45.4 Å². The zero-order valence-corrected chi connectivity index (χ0v) is 19.9. The zero-order valence-electron chi connectivity index (χ0n) is 19.0. The molecule has 0 saturated heterocycles. The second-order valence-corrected chi connectivity index (χ2v) is 8.97. The molecule has 8 heteroatoms. The highest BCUT2D eigenvalue weighted by Gasteiger charge is 2.21. The van der Waals surface area contributed by atoms with Crippen LogP contribution in [0.3, 0.4) is 0 Å². The molecule has 1 unspecified atom stereocenters. The van der Waals surface area contributed by atoms with Crippen LogP contribution in [0, 0.1) is 12.7 Å². The van der Waals surface area contributed by atoms with Crippen LogP contribution >= 0.6 is 11.8 Å². The van der Waals surface area contributed by atoms with Crippen molar-refractivity contribution < 1.29 is 13.9 Å². The summed E-state index contributed by atoms with van der Waals surface area (Å²) in [5.41, 5.74) is 1.56. The minimum absolute atomic E-state index is 0.277. The van der Waals surface area contributed by atoms with Gasteiger partial charge in [-0.05, 0) is 62.7 Å². The van der Waals surface area contributed by atoms with Crippen LogP contribution in [0.4, 0.5) is 10.1 Å². The monoisotopic (exact) mass is 477 g/mol. The molecule has 4 rings (SSSR count). The Labute approximate surface area is 200 Å². The van der Waals surface area contributed by atoms with Crippen LogP contribution < -0.4 is 15.6 Å². The van der Waals surface area contributed by atoms with Gasteiger partial charge in [-0.1, -0.05) is 42.1 Å². The van der Waals surface area contributed by atoms with Crippen LogP contribution in [0.1, 0.15) is 19.4 Å². The Hall–Kier alpha value is -3.65. The van der Waals surface area contributed by atoms with Gasteiger partial charge in [0.05, 0.1) is 34.1 Å². The average molecular weight is 478 g/mol. The first-order valence-electron chi connectivity index (χ1n) is 10.9. The molecule has 1 amide bonds. The molecule has 1 aromatic heterocycles. The number of carbonyl (C=O) groups is 1. The fourth-order valence-electron chi connectivity index (χ4n) is 3.44. The lowest BCUT2D eigenvalue weighted by Crippen LogP contribution is -2.26. The number of fused-ring (bicyclic) bond motifs is 1. The third-order valence-electron chi connectivity index (χ3n) is 5.25. The summed E-state index contributed by atoms with van der Waals surface area (Å²) in [6.07, 6.45) is 0. The average Bonchev–Trinajstić information content (AvgIpc) is 2.82. The SMILES string of the molecule is CCOc1ccccc1NC(=O)C(C)Sc1nc2ccccc2c(=O)n1-c1ccc(C)c(F)c1. The maximum atomic E-state index is 14.4. The Balaban J connectivity index is 1.71. The third-order valence-corrected chi connectivity index (χ3v) is 6.31. The number of para-hydroxylation sites is 3. The van der Waals surface area contributed by atoms with Crippen molar-refractivity contribution in [3.05, 3.63) is 88.5 Å². The normalized spacial score (nSPS) is 11.9. The van der Waals surface area contributed by atoms with E-state index in [1.165, 1.54) is 10.6 Å². The van der Waals surface area contributed by atoms with Crippen molar-refractivity contribution in [2.75, 3.05) is 11.9 Å². The molecule has 4 aromatic rings. The summed E-state index contributed by atoms with van der Waals surface area (Å²) in [7, 11) is 0. The molecule has 34 heavy (non-hydrogen) atoms. The van der Waals surface area contributed by atoms with E-state index in [2.05, 4.69) is 10.3 Å². The van der Waals surface area contributed by atoms with Gasteiger partial charge in [-0.25, -0.2) is 9.37 Å². The molecule has 0 bridgehead atoms. The number of anilines is 1. The summed E-state index contributed by atoms with van der Waals surface area (Å²) in [4.78, 5) is 31.0. The Morgan fingerprint density at radius 1 is 1.15 bits per heavy atom. The number of aryl methyl sites for hydroxylation is 1. The Morgan fingerprint density at radius 2 is 1.88 bits per heavy atom. The van der Waals surface area contributed by atoms with Crippen molar-refractivity contribution in [1.29, 1.82) is 0 Å². The fourth-order valence-corrected chi connectivity index (χ4v) is 4.36. The van der Waals surface area contributed by atoms with Gasteiger partial charge < -0.3 is 10.1 Å². The summed E-state index contributed by atoms with van der Waals surface area (Å²) < 4.78 is 21.3. The predicted octanol–water partition coefficient (Wildman–Crippen LogP) is 5.35. The molecule has 1 atom stereocenters. The van der Waals surface area contributed by atoms with Gasteiger partial charge in [-0.15, -0.1) is 0 Å². The number of amides is 1. The largest absolute Gasteiger partial charge is 0.492 e. The summed E-state index contributed by atoms with van der Waals surface area (Å²) in [5.74, 6) is -0.126.